The normalized spacial score (nSPS) is 10.2. The quantitative estimate of drug-likeness (QED) is 0.907. The van der Waals surface area contributed by atoms with Crippen LogP contribution in [0.2, 0.25) is 0 Å². The van der Waals surface area contributed by atoms with E-state index in [0.717, 1.165) is 3.79 Å². The topological polar surface area (TPSA) is 73.1 Å². The van der Waals surface area contributed by atoms with E-state index in [-0.39, 0.29) is 0 Å². The highest BCUT2D eigenvalue weighted by Crippen LogP contribution is 2.26. The lowest BCUT2D eigenvalue weighted by Crippen LogP contribution is -2.06. The van der Waals surface area contributed by atoms with Gasteiger partial charge in [0.1, 0.15) is 12.0 Å². The average Bonchev–Trinajstić information content (AvgIpc) is 2.74. The van der Waals surface area contributed by atoms with Crippen molar-refractivity contribution in [1.82, 2.24) is 9.97 Å². The third-order valence-corrected chi connectivity index (χ3v) is 3.72. The number of anilines is 2. The Hall–Kier alpha value is -1.34. The molecule has 2 rings (SSSR count). The van der Waals surface area contributed by atoms with Gasteiger partial charge in [0.15, 0.2) is 5.82 Å². The van der Waals surface area contributed by atoms with E-state index in [4.69, 9.17) is 10.5 Å². The summed E-state index contributed by atoms with van der Waals surface area (Å²) in [6.45, 7) is 0.667. The number of aromatic nitrogens is 2. The van der Waals surface area contributed by atoms with Crippen molar-refractivity contribution < 1.29 is 4.74 Å². The van der Waals surface area contributed by atoms with Gasteiger partial charge in [0.2, 0.25) is 5.88 Å². The second-order valence-corrected chi connectivity index (χ2v) is 5.75. The molecule has 0 fully saturated rings. The molecule has 2 aromatic rings. The van der Waals surface area contributed by atoms with Gasteiger partial charge in [0.25, 0.3) is 0 Å². The standard InChI is InChI=1S/C10H11BrN4OS/c1-16-10-8(12)9(14-5-15-10)13-4-6-2-3-7(11)17-6/h2-3,5H,4,12H2,1H3,(H,13,14,15). The summed E-state index contributed by atoms with van der Waals surface area (Å²) in [6, 6.07) is 4.04. The Balaban J connectivity index is 2.09. The third kappa shape index (κ3) is 2.86. The summed E-state index contributed by atoms with van der Waals surface area (Å²) in [4.78, 5) is 9.18. The van der Waals surface area contributed by atoms with Crippen molar-refractivity contribution in [2.45, 2.75) is 6.54 Å². The molecule has 0 aliphatic heterocycles. The van der Waals surface area contributed by atoms with Gasteiger partial charge in [-0.05, 0) is 28.1 Å². The van der Waals surface area contributed by atoms with E-state index in [0.29, 0.717) is 23.9 Å². The molecule has 0 aromatic carbocycles. The van der Waals surface area contributed by atoms with E-state index in [9.17, 15) is 0 Å². The zero-order chi connectivity index (χ0) is 12.3. The number of nitrogen functional groups attached to an aromatic ring is 1. The molecule has 0 atom stereocenters. The fraction of sp³-hybridized carbons (Fsp3) is 0.200. The Morgan fingerprint density at radius 3 is 2.94 bits per heavy atom. The minimum Gasteiger partial charge on any atom is -0.479 e. The number of halogens is 1. The van der Waals surface area contributed by atoms with Crippen molar-refractivity contribution in [1.29, 1.82) is 0 Å². The molecular weight excluding hydrogens is 304 g/mol. The molecule has 0 aliphatic carbocycles. The van der Waals surface area contributed by atoms with Gasteiger partial charge < -0.3 is 15.8 Å². The van der Waals surface area contributed by atoms with E-state index >= 15 is 0 Å². The molecule has 90 valence electrons. The zero-order valence-corrected chi connectivity index (χ0v) is 11.5. The third-order valence-electron chi connectivity index (χ3n) is 2.10. The number of methoxy groups -OCH3 is 1. The fourth-order valence-corrected chi connectivity index (χ4v) is 2.72. The van der Waals surface area contributed by atoms with Gasteiger partial charge in [0.05, 0.1) is 17.4 Å². The number of thiophene rings is 1. The van der Waals surface area contributed by atoms with Gasteiger partial charge in [-0.2, -0.15) is 4.98 Å². The van der Waals surface area contributed by atoms with Crippen LogP contribution in [0.15, 0.2) is 22.2 Å². The van der Waals surface area contributed by atoms with Crippen LogP contribution in [-0.4, -0.2) is 17.1 Å². The van der Waals surface area contributed by atoms with Crippen LogP contribution >= 0.6 is 27.3 Å². The summed E-state index contributed by atoms with van der Waals surface area (Å²) < 4.78 is 6.12. The number of ether oxygens (including phenoxy) is 1. The Bertz CT molecular complexity index is 517. The highest BCUT2D eigenvalue weighted by atomic mass is 79.9. The fourth-order valence-electron chi connectivity index (χ4n) is 1.30. The Kier molecular flexibility index (Phi) is 3.80. The first-order valence-corrected chi connectivity index (χ1v) is 6.44. The summed E-state index contributed by atoms with van der Waals surface area (Å²) in [5.41, 5.74) is 6.27. The monoisotopic (exact) mass is 314 g/mol. The van der Waals surface area contributed by atoms with Crippen LogP contribution in [0.3, 0.4) is 0 Å². The highest BCUT2D eigenvalue weighted by molar-refractivity contribution is 9.11. The van der Waals surface area contributed by atoms with Crippen LogP contribution in [0.1, 0.15) is 4.88 Å². The van der Waals surface area contributed by atoms with Gasteiger partial charge in [-0.15, -0.1) is 11.3 Å². The maximum absolute atomic E-state index is 5.84. The van der Waals surface area contributed by atoms with E-state index in [1.807, 2.05) is 12.1 Å². The van der Waals surface area contributed by atoms with Crippen molar-refractivity contribution in [2.75, 3.05) is 18.2 Å². The van der Waals surface area contributed by atoms with Gasteiger partial charge >= 0.3 is 0 Å². The first kappa shape index (κ1) is 12.1. The number of rotatable bonds is 4. The van der Waals surface area contributed by atoms with Crippen LogP contribution in [0, 0.1) is 0 Å². The lowest BCUT2D eigenvalue weighted by molar-refractivity contribution is 0.399. The molecule has 17 heavy (non-hydrogen) atoms. The molecule has 2 aromatic heterocycles. The van der Waals surface area contributed by atoms with Crippen molar-refractivity contribution in [2.24, 2.45) is 0 Å². The van der Waals surface area contributed by atoms with Crippen LogP contribution in [0.4, 0.5) is 11.5 Å². The first-order chi connectivity index (χ1) is 8.20. The number of hydrogen-bond acceptors (Lipinski definition) is 6. The number of nitrogens with zero attached hydrogens (tertiary/aromatic N) is 2. The van der Waals surface area contributed by atoms with Crippen LogP contribution < -0.4 is 15.8 Å². The maximum atomic E-state index is 5.84. The largest absolute Gasteiger partial charge is 0.479 e. The van der Waals surface area contributed by atoms with Gasteiger partial charge in [-0.25, -0.2) is 4.98 Å². The van der Waals surface area contributed by atoms with Crippen molar-refractivity contribution in [3.8, 4) is 5.88 Å². The molecule has 0 radical (unpaired) electrons. The summed E-state index contributed by atoms with van der Waals surface area (Å²) in [6.07, 6.45) is 1.42. The van der Waals surface area contributed by atoms with Gasteiger partial charge in [-0.1, -0.05) is 0 Å². The van der Waals surface area contributed by atoms with Crippen molar-refractivity contribution in [3.05, 3.63) is 27.1 Å². The molecule has 0 aliphatic rings. The summed E-state index contributed by atoms with van der Waals surface area (Å²) in [5.74, 6) is 0.969. The zero-order valence-electron chi connectivity index (χ0n) is 9.11. The first-order valence-electron chi connectivity index (χ1n) is 4.83. The molecule has 5 nitrogen and oxygen atoms in total. The van der Waals surface area contributed by atoms with Crippen LogP contribution in [-0.2, 0) is 6.54 Å². The van der Waals surface area contributed by atoms with E-state index < -0.39 is 0 Å². The minimum atomic E-state index is 0.384. The minimum absolute atomic E-state index is 0.384. The molecule has 0 saturated heterocycles. The summed E-state index contributed by atoms with van der Waals surface area (Å²) in [5, 5.41) is 3.15. The van der Waals surface area contributed by atoms with Crippen LogP contribution in [0.5, 0.6) is 5.88 Å². The lowest BCUT2D eigenvalue weighted by atomic mass is 10.4. The second-order valence-electron chi connectivity index (χ2n) is 3.20. The Morgan fingerprint density at radius 2 is 2.29 bits per heavy atom. The molecule has 7 heteroatoms. The predicted octanol–water partition coefficient (Wildman–Crippen LogP) is 2.50. The molecular formula is C10H11BrN4OS. The molecule has 0 spiro atoms. The van der Waals surface area contributed by atoms with E-state index in [2.05, 4.69) is 31.2 Å². The van der Waals surface area contributed by atoms with Gasteiger partial charge in [-0.3, -0.25) is 0 Å². The summed E-state index contributed by atoms with van der Waals surface area (Å²) >= 11 is 5.08. The summed E-state index contributed by atoms with van der Waals surface area (Å²) in [7, 11) is 1.53. The van der Waals surface area contributed by atoms with Crippen LogP contribution in [0.25, 0.3) is 0 Å². The van der Waals surface area contributed by atoms with Crippen molar-refractivity contribution >= 4 is 38.8 Å². The Morgan fingerprint density at radius 1 is 1.47 bits per heavy atom. The molecule has 0 amide bonds. The number of hydrogen-bond donors (Lipinski definition) is 2. The van der Waals surface area contributed by atoms with E-state index in [1.165, 1.54) is 18.3 Å². The van der Waals surface area contributed by atoms with Gasteiger partial charge in [0, 0.05) is 4.88 Å². The second kappa shape index (κ2) is 5.33. The average molecular weight is 315 g/mol. The maximum Gasteiger partial charge on any atom is 0.242 e. The highest BCUT2D eigenvalue weighted by Gasteiger charge is 2.08. The molecule has 3 N–H and O–H groups in total. The number of nitrogens with two attached hydrogens (primary N) is 1. The van der Waals surface area contributed by atoms with E-state index in [1.54, 1.807) is 11.3 Å². The SMILES string of the molecule is COc1ncnc(NCc2ccc(Br)s2)c1N. The smallest absolute Gasteiger partial charge is 0.242 e. The lowest BCUT2D eigenvalue weighted by Gasteiger charge is -2.08. The molecule has 2 heterocycles. The molecule has 0 saturated carbocycles. The predicted molar refractivity (Wildman–Crippen MR) is 72.3 cm³/mol. The van der Waals surface area contributed by atoms with Crippen molar-refractivity contribution in [3.63, 3.8) is 0 Å². The Labute approximate surface area is 111 Å². The number of nitrogens with one attached hydrogen (secondary N) is 1. The molecule has 0 unspecified atom stereocenters. The molecule has 0 bridgehead atoms.